The molecule has 82 valence electrons. The van der Waals surface area contributed by atoms with Crippen LogP contribution in [0.5, 0.6) is 0 Å². The second-order valence-electron chi connectivity index (χ2n) is 3.46. The van der Waals surface area contributed by atoms with E-state index in [1.54, 1.807) is 0 Å². The van der Waals surface area contributed by atoms with E-state index in [-0.39, 0.29) is 6.42 Å². The van der Waals surface area contributed by atoms with Gasteiger partial charge in [-0.2, -0.15) is 0 Å². The van der Waals surface area contributed by atoms with E-state index in [1.165, 1.54) is 7.05 Å². The highest BCUT2D eigenvalue weighted by atomic mass is 16.4. The number of nitrogens with one attached hydrogen (secondary N) is 1. The zero-order valence-electron chi connectivity index (χ0n) is 8.60. The van der Waals surface area contributed by atoms with Crippen molar-refractivity contribution in [2.75, 3.05) is 13.7 Å². The number of hydrogen-bond acceptors (Lipinski definition) is 3. The van der Waals surface area contributed by atoms with E-state index in [0.717, 1.165) is 5.56 Å². The fourth-order valence-electron chi connectivity index (χ4n) is 1.42. The lowest BCUT2D eigenvalue weighted by Crippen LogP contribution is -2.55. The SMILES string of the molecule is CNC(CO)(Cc1ccccc1)C(=O)O. The highest BCUT2D eigenvalue weighted by Gasteiger charge is 2.36. The molecule has 0 bridgehead atoms. The fraction of sp³-hybridized carbons (Fsp3) is 0.364. The smallest absolute Gasteiger partial charge is 0.326 e. The zero-order valence-corrected chi connectivity index (χ0v) is 8.60. The number of aliphatic carboxylic acids is 1. The lowest BCUT2D eigenvalue weighted by atomic mass is 9.92. The highest BCUT2D eigenvalue weighted by molar-refractivity contribution is 5.79. The normalized spacial score (nSPS) is 14.5. The standard InChI is InChI=1S/C11H15NO3/c1-12-11(8-13,10(14)15)7-9-5-3-2-4-6-9/h2-6,12-13H,7-8H2,1H3,(H,14,15). The molecule has 0 aliphatic heterocycles. The molecule has 0 amide bonds. The molecule has 0 saturated carbocycles. The summed E-state index contributed by atoms with van der Waals surface area (Å²) in [5.41, 5.74) is -0.412. The van der Waals surface area contributed by atoms with Gasteiger partial charge in [-0.3, -0.25) is 4.79 Å². The van der Waals surface area contributed by atoms with E-state index in [0.29, 0.717) is 0 Å². The summed E-state index contributed by atoms with van der Waals surface area (Å²) in [6.07, 6.45) is 0.260. The Morgan fingerprint density at radius 3 is 2.40 bits per heavy atom. The maximum atomic E-state index is 11.1. The number of carbonyl (C=O) groups is 1. The van der Waals surface area contributed by atoms with E-state index in [1.807, 2.05) is 30.3 Å². The first-order valence-electron chi connectivity index (χ1n) is 4.72. The summed E-state index contributed by atoms with van der Waals surface area (Å²) in [5.74, 6) is -1.05. The fourth-order valence-corrected chi connectivity index (χ4v) is 1.42. The Balaban J connectivity index is 2.89. The van der Waals surface area contributed by atoms with Gasteiger partial charge in [-0.25, -0.2) is 0 Å². The molecule has 0 spiro atoms. The lowest BCUT2D eigenvalue weighted by molar-refractivity contribution is -0.146. The van der Waals surface area contributed by atoms with Gasteiger partial charge in [0.15, 0.2) is 0 Å². The van der Waals surface area contributed by atoms with Crippen LogP contribution in [0, 0.1) is 0 Å². The molecule has 0 aromatic heterocycles. The molecular formula is C11H15NO3. The minimum Gasteiger partial charge on any atom is -0.480 e. The number of hydrogen-bond donors (Lipinski definition) is 3. The molecule has 3 N–H and O–H groups in total. The molecule has 1 aromatic carbocycles. The molecule has 0 radical (unpaired) electrons. The largest absolute Gasteiger partial charge is 0.480 e. The molecule has 4 nitrogen and oxygen atoms in total. The van der Waals surface area contributed by atoms with Crippen LogP contribution in [-0.2, 0) is 11.2 Å². The molecule has 0 aliphatic rings. The lowest BCUT2D eigenvalue weighted by Gasteiger charge is -2.26. The average molecular weight is 209 g/mol. The Morgan fingerprint density at radius 1 is 1.40 bits per heavy atom. The van der Waals surface area contributed by atoms with E-state index < -0.39 is 18.1 Å². The van der Waals surface area contributed by atoms with Crippen LogP contribution >= 0.6 is 0 Å². The third-order valence-electron chi connectivity index (χ3n) is 2.51. The Labute approximate surface area is 88.6 Å². The molecule has 4 heteroatoms. The van der Waals surface area contributed by atoms with Gasteiger partial charge in [0.1, 0.15) is 5.54 Å². The summed E-state index contributed by atoms with van der Waals surface area (Å²) in [5, 5.41) is 20.9. The van der Waals surface area contributed by atoms with Gasteiger partial charge in [0.2, 0.25) is 0 Å². The first-order chi connectivity index (χ1) is 7.14. The molecule has 0 saturated heterocycles. The van der Waals surface area contributed by atoms with Crippen LogP contribution in [0.3, 0.4) is 0 Å². The van der Waals surface area contributed by atoms with Gasteiger partial charge in [0.25, 0.3) is 0 Å². The van der Waals surface area contributed by atoms with Crippen molar-refractivity contribution in [3.05, 3.63) is 35.9 Å². The zero-order chi connectivity index (χ0) is 11.3. The van der Waals surface area contributed by atoms with Crippen molar-refractivity contribution in [3.63, 3.8) is 0 Å². The summed E-state index contributed by atoms with van der Waals surface area (Å²) in [4.78, 5) is 11.1. The van der Waals surface area contributed by atoms with Crippen molar-refractivity contribution in [1.82, 2.24) is 5.32 Å². The summed E-state index contributed by atoms with van der Waals surface area (Å²) in [7, 11) is 1.54. The molecule has 0 heterocycles. The minimum atomic E-state index is -1.29. The van der Waals surface area contributed by atoms with Crippen LogP contribution in [0.15, 0.2) is 30.3 Å². The second-order valence-corrected chi connectivity index (χ2v) is 3.46. The molecule has 1 unspecified atom stereocenters. The number of rotatable bonds is 5. The maximum absolute atomic E-state index is 11.1. The van der Waals surface area contributed by atoms with Gasteiger partial charge in [-0.15, -0.1) is 0 Å². The topological polar surface area (TPSA) is 69.6 Å². The monoisotopic (exact) mass is 209 g/mol. The Morgan fingerprint density at radius 2 is 2.00 bits per heavy atom. The van der Waals surface area contributed by atoms with Crippen LogP contribution in [0.25, 0.3) is 0 Å². The first-order valence-corrected chi connectivity index (χ1v) is 4.72. The van der Waals surface area contributed by atoms with Crippen LogP contribution in [0.1, 0.15) is 5.56 Å². The predicted molar refractivity (Wildman–Crippen MR) is 56.7 cm³/mol. The van der Waals surface area contributed by atoms with Crippen molar-refractivity contribution >= 4 is 5.97 Å². The molecule has 0 fully saturated rings. The van der Waals surface area contributed by atoms with Crippen molar-refractivity contribution < 1.29 is 15.0 Å². The van der Waals surface area contributed by atoms with Crippen molar-refractivity contribution in [2.24, 2.45) is 0 Å². The van der Waals surface area contributed by atoms with Gasteiger partial charge < -0.3 is 15.5 Å². The van der Waals surface area contributed by atoms with Crippen LogP contribution in [0.2, 0.25) is 0 Å². The van der Waals surface area contributed by atoms with Gasteiger partial charge >= 0.3 is 5.97 Å². The third-order valence-corrected chi connectivity index (χ3v) is 2.51. The number of aliphatic hydroxyl groups excluding tert-OH is 1. The number of aliphatic hydroxyl groups is 1. The average Bonchev–Trinajstić information content (AvgIpc) is 2.27. The number of benzene rings is 1. The second kappa shape index (κ2) is 4.91. The van der Waals surface area contributed by atoms with Crippen molar-refractivity contribution in [1.29, 1.82) is 0 Å². The van der Waals surface area contributed by atoms with Crippen molar-refractivity contribution in [2.45, 2.75) is 12.0 Å². The highest BCUT2D eigenvalue weighted by Crippen LogP contribution is 2.13. The molecule has 15 heavy (non-hydrogen) atoms. The van der Waals surface area contributed by atoms with Crippen LogP contribution in [-0.4, -0.2) is 35.4 Å². The number of carboxylic acids is 1. The van der Waals surface area contributed by atoms with Crippen molar-refractivity contribution in [3.8, 4) is 0 Å². The molecule has 1 rings (SSSR count). The van der Waals surface area contributed by atoms with E-state index in [4.69, 9.17) is 10.2 Å². The summed E-state index contributed by atoms with van der Waals surface area (Å²) in [6, 6.07) is 9.23. The third kappa shape index (κ3) is 2.55. The van der Waals surface area contributed by atoms with Gasteiger partial charge in [0.05, 0.1) is 6.61 Å². The molecule has 0 aliphatic carbocycles. The summed E-state index contributed by atoms with van der Waals surface area (Å²) < 4.78 is 0. The molecular weight excluding hydrogens is 194 g/mol. The van der Waals surface area contributed by atoms with Gasteiger partial charge in [-0.05, 0) is 12.6 Å². The quantitative estimate of drug-likeness (QED) is 0.651. The first kappa shape index (κ1) is 11.7. The maximum Gasteiger partial charge on any atom is 0.326 e. The summed E-state index contributed by atoms with van der Waals surface area (Å²) >= 11 is 0. The Kier molecular flexibility index (Phi) is 3.82. The van der Waals surface area contributed by atoms with E-state index >= 15 is 0 Å². The van der Waals surface area contributed by atoms with E-state index in [2.05, 4.69) is 5.32 Å². The summed E-state index contributed by atoms with van der Waals surface area (Å²) in [6.45, 7) is -0.437. The Bertz CT molecular complexity index is 320. The number of likely N-dealkylation sites (N-methyl/N-ethyl adjacent to an activating group) is 1. The number of carboxylic acid groups (broad SMARTS) is 1. The van der Waals surface area contributed by atoms with E-state index in [9.17, 15) is 4.79 Å². The van der Waals surface area contributed by atoms with Crippen LogP contribution < -0.4 is 5.32 Å². The van der Waals surface area contributed by atoms with Crippen LogP contribution in [0.4, 0.5) is 0 Å². The molecule has 1 aromatic rings. The predicted octanol–water partition coefficient (Wildman–Crippen LogP) is 0.264. The molecule has 1 atom stereocenters. The van der Waals surface area contributed by atoms with Gasteiger partial charge in [0, 0.05) is 6.42 Å². The minimum absolute atomic E-state index is 0.260. The Hall–Kier alpha value is -1.39. The van der Waals surface area contributed by atoms with Gasteiger partial charge in [-0.1, -0.05) is 30.3 Å².